The predicted molar refractivity (Wildman–Crippen MR) is 157 cm³/mol. The molecule has 2 atom stereocenters. The maximum absolute atomic E-state index is 14.0. The SMILES string of the molecule is CCCCCCN=CCN1C(=O)C(NC(=O)Nc2cccc(C)c2)N([O-])C(c2ccccc2)c2ccccc21. The Bertz CT molecular complexity index is 1280. The van der Waals surface area contributed by atoms with E-state index in [1.54, 1.807) is 12.3 Å². The van der Waals surface area contributed by atoms with Crippen LogP contribution in [0.1, 0.15) is 55.3 Å². The van der Waals surface area contributed by atoms with Gasteiger partial charge in [0.2, 0.25) is 0 Å². The Morgan fingerprint density at radius 1 is 1.00 bits per heavy atom. The highest BCUT2D eigenvalue weighted by atomic mass is 16.5. The van der Waals surface area contributed by atoms with E-state index in [2.05, 4.69) is 22.5 Å². The minimum Gasteiger partial charge on any atom is -0.783 e. The van der Waals surface area contributed by atoms with Crippen molar-refractivity contribution in [3.05, 3.63) is 101 Å². The van der Waals surface area contributed by atoms with Gasteiger partial charge in [0.25, 0.3) is 5.91 Å². The predicted octanol–water partition coefficient (Wildman–Crippen LogP) is 6.03. The molecule has 1 aliphatic rings. The summed E-state index contributed by atoms with van der Waals surface area (Å²) in [5.74, 6) is -0.521. The molecule has 0 saturated heterocycles. The normalized spacial score (nSPS) is 17.6. The second-order valence-corrected chi connectivity index (χ2v) is 9.70. The van der Waals surface area contributed by atoms with Crippen molar-refractivity contribution in [1.82, 2.24) is 10.4 Å². The lowest BCUT2D eigenvalue weighted by Gasteiger charge is -2.41. The molecular weight excluding hydrogens is 490 g/mol. The number of hydrogen-bond donors (Lipinski definition) is 2. The highest BCUT2D eigenvalue weighted by molar-refractivity contribution is 6.03. The van der Waals surface area contributed by atoms with Crippen LogP contribution >= 0.6 is 0 Å². The summed E-state index contributed by atoms with van der Waals surface area (Å²) >= 11 is 0. The zero-order chi connectivity index (χ0) is 27.6. The molecule has 8 heteroatoms. The zero-order valence-electron chi connectivity index (χ0n) is 22.5. The van der Waals surface area contributed by atoms with Crippen LogP contribution in [0.3, 0.4) is 0 Å². The van der Waals surface area contributed by atoms with Gasteiger partial charge in [0, 0.05) is 24.1 Å². The van der Waals surface area contributed by atoms with Gasteiger partial charge in [0.1, 0.15) is 0 Å². The van der Waals surface area contributed by atoms with Gasteiger partial charge in [-0.25, -0.2) is 4.79 Å². The summed E-state index contributed by atoms with van der Waals surface area (Å²) < 4.78 is 0. The van der Waals surface area contributed by atoms with E-state index >= 15 is 0 Å². The van der Waals surface area contributed by atoms with E-state index in [1.807, 2.05) is 79.7 Å². The van der Waals surface area contributed by atoms with Gasteiger partial charge >= 0.3 is 6.03 Å². The molecule has 0 radical (unpaired) electrons. The summed E-state index contributed by atoms with van der Waals surface area (Å²) in [5.41, 5.74) is 3.58. The van der Waals surface area contributed by atoms with Gasteiger partial charge in [-0.05, 0) is 48.2 Å². The zero-order valence-corrected chi connectivity index (χ0v) is 22.5. The van der Waals surface area contributed by atoms with Gasteiger partial charge in [-0.2, -0.15) is 0 Å². The first-order valence-electron chi connectivity index (χ1n) is 13.5. The van der Waals surface area contributed by atoms with Crippen molar-refractivity contribution in [2.24, 2.45) is 4.99 Å². The smallest absolute Gasteiger partial charge is 0.320 e. The fourth-order valence-electron chi connectivity index (χ4n) is 4.78. The van der Waals surface area contributed by atoms with Crippen LogP contribution in [0.4, 0.5) is 16.2 Å². The number of aliphatic imine (C=N–C) groups is 1. The number of aryl methyl sites for hydroxylation is 1. The van der Waals surface area contributed by atoms with Crippen molar-refractivity contribution in [2.45, 2.75) is 51.7 Å². The van der Waals surface area contributed by atoms with E-state index in [0.29, 0.717) is 28.5 Å². The number of urea groups is 1. The molecule has 0 bridgehead atoms. The molecule has 0 aromatic heterocycles. The lowest BCUT2D eigenvalue weighted by Crippen LogP contribution is -2.56. The molecule has 2 N–H and O–H groups in total. The Morgan fingerprint density at radius 3 is 2.54 bits per heavy atom. The molecule has 0 fully saturated rings. The lowest BCUT2D eigenvalue weighted by molar-refractivity contribution is -0.123. The third-order valence-corrected chi connectivity index (χ3v) is 6.72. The van der Waals surface area contributed by atoms with Crippen LogP contribution in [0.25, 0.3) is 0 Å². The molecule has 39 heavy (non-hydrogen) atoms. The third kappa shape index (κ3) is 7.10. The molecule has 1 aliphatic heterocycles. The number of amides is 3. The first-order chi connectivity index (χ1) is 19.0. The Balaban J connectivity index is 1.64. The Kier molecular flexibility index (Phi) is 9.83. The minimum absolute atomic E-state index is 0.191. The number of nitrogens with one attached hydrogen (secondary N) is 2. The van der Waals surface area contributed by atoms with Gasteiger partial charge in [0.05, 0.1) is 12.6 Å². The standard InChI is InChI=1S/C31H36N5O3/c1-3-4-5-11-19-32-20-21-35-27-18-10-9-17-26(27)28(24-14-7-6-8-15-24)36(39)29(30(35)37)34-31(38)33-25-16-12-13-23(2)22-25/h6-10,12-18,20,22,28-29H,3-5,11,19,21H2,1-2H3,(H2,33,34,38)/q-1. The molecule has 0 aliphatic carbocycles. The van der Waals surface area contributed by atoms with Crippen molar-refractivity contribution < 1.29 is 9.59 Å². The van der Waals surface area contributed by atoms with Crippen LogP contribution in [0.2, 0.25) is 0 Å². The number of carbonyl (C=O) groups is 2. The average molecular weight is 527 g/mol. The number of carbonyl (C=O) groups excluding carboxylic acids is 2. The molecule has 4 rings (SSSR count). The van der Waals surface area contributed by atoms with Crippen LogP contribution in [0, 0.1) is 12.1 Å². The van der Waals surface area contributed by atoms with Crippen LogP contribution in [0.5, 0.6) is 0 Å². The maximum Gasteiger partial charge on any atom is 0.320 e. The van der Waals surface area contributed by atoms with Crippen LogP contribution < -0.4 is 15.5 Å². The molecule has 3 aromatic carbocycles. The van der Waals surface area contributed by atoms with Gasteiger partial charge in [-0.1, -0.05) is 86.8 Å². The van der Waals surface area contributed by atoms with Gasteiger partial charge < -0.3 is 25.8 Å². The maximum atomic E-state index is 14.0. The van der Waals surface area contributed by atoms with Crippen LogP contribution in [0.15, 0.2) is 83.9 Å². The minimum atomic E-state index is -1.45. The first kappa shape index (κ1) is 28.0. The molecule has 3 amide bonds. The monoisotopic (exact) mass is 526 g/mol. The van der Waals surface area contributed by atoms with E-state index in [4.69, 9.17) is 0 Å². The van der Waals surface area contributed by atoms with E-state index in [0.717, 1.165) is 30.4 Å². The number of unbranched alkanes of at least 4 members (excludes halogenated alkanes) is 3. The second-order valence-electron chi connectivity index (χ2n) is 9.70. The van der Waals surface area contributed by atoms with Crippen molar-refractivity contribution in [3.8, 4) is 0 Å². The van der Waals surface area contributed by atoms with Crippen molar-refractivity contribution in [2.75, 3.05) is 23.3 Å². The number of para-hydroxylation sites is 1. The fourth-order valence-corrected chi connectivity index (χ4v) is 4.78. The van der Waals surface area contributed by atoms with Gasteiger partial charge in [-0.15, -0.1) is 0 Å². The number of hydroxylamine groups is 2. The van der Waals surface area contributed by atoms with E-state index < -0.39 is 24.1 Å². The molecule has 1 heterocycles. The number of anilines is 2. The Morgan fingerprint density at radius 2 is 1.77 bits per heavy atom. The molecule has 2 unspecified atom stereocenters. The summed E-state index contributed by atoms with van der Waals surface area (Å²) in [6.45, 7) is 4.96. The largest absolute Gasteiger partial charge is 0.783 e. The van der Waals surface area contributed by atoms with Crippen molar-refractivity contribution in [3.63, 3.8) is 0 Å². The third-order valence-electron chi connectivity index (χ3n) is 6.72. The number of hydrogen-bond acceptors (Lipinski definition) is 5. The highest BCUT2D eigenvalue weighted by Crippen LogP contribution is 2.38. The topological polar surface area (TPSA) is 100 Å². The van der Waals surface area contributed by atoms with Gasteiger partial charge in [-0.3, -0.25) is 9.79 Å². The molecular formula is C31H36N5O3-. The average Bonchev–Trinajstić information content (AvgIpc) is 3.01. The summed E-state index contributed by atoms with van der Waals surface area (Å²) in [7, 11) is 0. The summed E-state index contributed by atoms with van der Waals surface area (Å²) in [6, 6.07) is 22.6. The highest BCUT2D eigenvalue weighted by Gasteiger charge is 2.37. The number of nitrogens with zero attached hydrogens (tertiary/aromatic N) is 3. The van der Waals surface area contributed by atoms with E-state index in [9.17, 15) is 14.8 Å². The summed E-state index contributed by atoms with van der Waals surface area (Å²) in [5, 5.41) is 20.1. The Hall–Kier alpha value is -4.01. The molecule has 3 aromatic rings. The van der Waals surface area contributed by atoms with Gasteiger partial charge in [0.15, 0.2) is 6.17 Å². The lowest BCUT2D eigenvalue weighted by atomic mass is 9.97. The molecule has 0 saturated carbocycles. The van der Waals surface area contributed by atoms with Crippen molar-refractivity contribution in [1.29, 1.82) is 0 Å². The second kappa shape index (κ2) is 13.7. The quantitative estimate of drug-likeness (QED) is 0.249. The summed E-state index contributed by atoms with van der Waals surface area (Å²) in [4.78, 5) is 33.0. The fraction of sp³-hybridized carbons (Fsp3) is 0.323. The molecule has 0 spiro atoms. The Labute approximate surface area is 230 Å². The molecule has 8 nitrogen and oxygen atoms in total. The number of rotatable bonds is 10. The van der Waals surface area contributed by atoms with Crippen LogP contribution in [-0.4, -0.2) is 42.5 Å². The molecule has 204 valence electrons. The van der Waals surface area contributed by atoms with E-state index in [-0.39, 0.29) is 6.54 Å². The van der Waals surface area contributed by atoms with Crippen molar-refractivity contribution >= 4 is 29.5 Å². The summed E-state index contributed by atoms with van der Waals surface area (Å²) in [6.07, 6.45) is 4.70. The first-order valence-corrected chi connectivity index (χ1v) is 13.5. The van der Waals surface area contributed by atoms with E-state index in [1.165, 1.54) is 11.3 Å². The number of fused-ring (bicyclic) bond motifs is 1. The number of benzene rings is 3. The van der Waals surface area contributed by atoms with Crippen LogP contribution in [-0.2, 0) is 4.79 Å².